The van der Waals surface area contributed by atoms with Gasteiger partial charge in [-0.05, 0) is 19.1 Å². The number of carbonyl (C=O) groups is 1. The van der Waals surface area contributed by atoms with Gasteiger partial charge in [0.1, 0.15) is 5.75 Å². The maximum Gasteiger partial charge on any atom is 0.337 e. The molecule has 0 aromatic heterocycles. The summed E-state index contributed by atoms with van der Waals surface area (Å²) in [5.74, 6) is -0.261. The summed E-state index contributed by atoms with van der Waals surface area (Å²) in [4.78, 5) is 12.8. The quantitative estimate of drug-likeness (QED) is 0.822. The molecule has 0 amide bonds. The monoisotopic (exact) mass is 209 g/mol. The Balaban J connectivity index is 3.22. The predicted molar refractivity (Wildman–Crippen MR) is 58.9 cm³/mol. The van der Waals surface area contributed by atoms with Crippen molar-refractivity contribution in [3.05, 3.63) is 23.8 Å². The first-order valence-corrected chi connectivity index (χ1v) is 4.72. The van der Waals surface area contributed by atoms with E-state index < -0.39 is 5.97 Å². The van der Waals surface area contributed by atoms with Gasteiger partial charge >= 0.3 is 5.97 Å². The highest BCUT2D eigenvalue weighted by Gasteiger charge is 2.13. The highest BCUT2D eigenvalue weighted by molar-refractivity contribution is 5.94. The zero-order valence-corrected chi connectivity index (χ0v) is 9.15. The van der Waals surface area contributed by atoms with Gasteiger partial charge in [0.15, 0.2) is 0 Å². The lowest BCUT2D eigenvalue weighted by Crippen LogP contribution is -2.19. The van der Waals surface area contributed by atoms with Crippen LogP contribution in [0.5, 0.6) is 5.75 Å². The van der Waals surface area contributed by atoms with Gasteiger partial charge in [0.05, 0.1) is 18.4 Å². The normalized spacial score (nSPS) is 9.80. The van der Waals surface area contributed by atoms with E-state index in [1.165, 1.54) is 0 Å². The van der Waals surface area contributed by atoms with Crippen LogP contribution in [0, 0.1) is 0 Å². The topological polar surface area (TPSA) is 49.8 Å². The number of methoxy groups -OCH3 is 1. The average Bonchev–Trinajstić information content (AvgIpc) is 2.26. The maximum atomic E-state index is 11.0. The zero-order chi connectivity index (χ0) is 11.4. The fraction of sp³-hybridized carbons (Fsp3) is 0.364. The van der Waals surface area contributed by atoms with Crippen LogP contribution in [-0.4, -0.2) is 31.8 Å². The molecule has 0 radical (unpaired) electrons. The van der Waals surface area contributed by atoms with Crippen LogP contribution in [0.3, 0.4) is 0 Å². The minimum Gasteiger partial charge on any atom is -0.497 e. The summed E-state index contributed by atoms with van der Waals surface area (Å²) in [6.07, 6.45) is 0. The molecular formula is C11H15NO3. The van der Waals surface area contributed by atoms with E-state index in [2.05, 4.69) is 0 Å². The Morgan fingerprint density at radius 2 is 2.20 bits per heavy atom. The lowest BCUT2D eigenvalue weighted by Gasteiger charge is -2.19. The summed E-state index contributed by atoms with van der Waals surface area (Å²) in [7, 11) is 3.41. The summed E-state index contributed by atoms with van der Waals surface area (Å²) in [5.41, 5.74) is 0.963. The van der Waals surface area contributed by atoms with E-state index in [1.807, 2.05) is 18.9 Å². The summed E-state index contributed by atoms with van der Waals surface area (Å²) < 4.78 is 5.06. The Bertz CT molecular complexity index is 363. The highest BCUT2D eigenvalue weighted by atomic mass is 16.5. The lowest BCUT2D eigenvalue weighted by atomic mass is 10.1. The third kappa shape index (κ3) is 2.40. The summed E-state index contributed by atoms with van der Waals surface area (Å²) in [5, 5.41) is 9.01. The molecule has 0 fully saturated rings. The predicted octanol–water partition coefficient (Wildman–Crippen LogP) is 1.85. The van der Waals surface area contributed by atoms with E-state index in [-0.39, 0.29) is 0 Å². The molecule has 4 nitrogen and oxygen atoms in total. The molecule has 0 aliphatic heterocycles. The van der Waals surface area contributed by atoms with Crippen LogP contribution in [0.25, 0.3) is 0 Å². The molecule has 0 saturated heterocycles. The highest BCUT2D eigenvalue weighted by Crippen LogP contribution is 2.25. The van der Waals surface area contributed by atoms with Gasteiger partial charge in [0, 0.05) is 19.7 Å². The number of carboxylic acids is 1. The average molecular weight is 209 g/mol. The van der Waals surface area contributed by atoms with Crippen LogP contribution in [0.4, 0.5) is 5.69 Å². The van der Waals surface area contributed by atoms with E-state index in [0.717, 1.165) is 6.54 Å². The number of carboxylic acid groups (broad SMARTS) is 1. The van der Waals surface area contributed by atoms with Crippen molar-refractivity contribution in [1.29, 1.82) is 0 Å². The SMILES string of the molecule is CCN(C)c1cc(OC)ccc1C(=O)O. The molecule has 0 unspecified atom stereocenters. The summed E-state index contributed by atoms with van der Waals surface area (Å²) in [6.45, 7) is 2.71. The number of benzene rings is 1. The minimum absolute atomic E-state index is 0.292. The van der Waals surface area contributed by atoms with Gasteiger partial charge in [-0.2, -0.15) is 0 Å². The molecular weight excluding hydrogens is 194 g/mol. The molecule has 1 aromatic carbocycles. The van der Waals surface area contributed by atoms with Crippen LogP contribution in [0.1, 0.15) is 17.3 Å². The third-order valence-electron chi connectivity index (χ3n) is 2.32. The van der Waals surface area contributed by atoms with E-state index in [0.29, 0.717) is 17.0 Å². The number of hydrogen-bond acceptors (Lipinski definition) is 3. The van der Waals surface area contributed by atoms with Crippen molar-refractivity contribution in [3.63, 3.8) is 0 Å². The van der Waals surface area contributed by atoms with Gasteiger partial charge in [-0.1, -0.05) is 0 Å². The third-order valence-corrected chi connectivity index (χ3v) is 2.32. The Morgan fingerprint density at radius 1 is 1.53 bits per heavy atom. The van der Waals surface area contributed by atoms with Gasteiger partial charge in [0.25, 0.3) is 0 Å². The Hall–Kier alpha value is -1.71. The zero-order valence-electron chi connectivity index (χ0n) is 9.15. The summed E-state index contributed by atoms with van der Waals surface area (Å²) >= 11 is 0. The van der Waals surface area contributed by atoms with Crippen molar-refractivity contribution in [2.75, 3.05) is 25.6 Å². The van der Waals surface area contributed by atoms with Crippen molar-refractivity contribution >= 4 is 11.7 Å². The lowest BCUT2D eigenvalue weighted by molar-refractivity contribution is 0.0697. The van der Waals surface area contributed by atoms with Crippen molar-refractivity contribution in [3.8, 4) is 5.75 Å². The first-order chi connectivity index (χ1) is 7.10. The van der Waals surface area contributed by atoms with E-state index in [9.17, 15) is 4.79 Å². The molecule has 15 heavy (non-hydrogen) atoms. The molecule has 4 heteroatoms. The van der Waals surface area contributed by atoms with Crippen LogP contribution in [-0.2, 0) is 0 Å². The summed E-state index contributed by atoms with van der Waals surface area (Å²) in [6, 6.07) is 4.94. The number of nitrogens with zero attached hydrogens (tertiary/aromatic N) is 1. The Kier molecular flexibility index (Phi) is 3.55. The molecule has 0 aliphatic rings. The van der Waals surface area contributed by atoms with Gasteiger partial charge in [0.2, 0.25) is 0 Å². The molecule has 1 rings (SSSR count). The molecule has 0 heterocycles. The van der Waals surface area contributed by atoms with E-state index in [4.69, 9.17) is 9.84 Å². The van der Waals surface area contributed by atoms with Crippen molar-refractivity contribution in [2.24, 2.45) is 0 Å². The van der Waals surface area contributed by atoms with Gasteiger partial charge in [-0.3, -0.25) is 0 Å². The van der Waals surface area contributed by atoms with E-state index >= 15 is 0 Å². The molecule has 0 bridgehead atoms. The molecule has 1 N–H and O–H groups in total. The van der Waals surface area contributed by atoms with E-state index in [1.54, 1.807) is 25.3 Å². The van der Waals surface area contributed by atoms with Crippen LogP contribution < -0.4 is 9.64 Å². The smallest absolute Gasteiger partial charge is 0.337 e. The first-order valence-electron chi connectivity index (χ1n) is 4.72. The van der Waals surface area contributed by atoms with Crippen molar-refractivity contribution < 1.29 is 14.6 Å². The molecule has 82 valence electrons. The Morgan fingerprint density at radius 3 is 2.67 bits per heavy atom. The van der Waals surface area contributed by atoms with Crippen LogP contribution in [0.2, 0.25) is 0 Å². The molecule has 1 aromatic rings. The fourth-order valence-electron chi connectivity index (χ4n) is 1.31. The second-order valence-corrected chi connectivity index (χ2v) is 3.20. The number of hydrogen-bond donors (Lipinski definition) is 1. The maximum absolute atomic E-state index is 11.0. The Labute approximate surface area is 89.1 Å². The number of anilines is 1. The standard InChI is InChI=1S/C11H15NO3/c1-4-12(2)10-7-8(15-3)5-6-9(10)11(13)14/h5-7H,4H2,1-3H3,(H,13,14). The number of ether oxygens (including phenoxy) is 1. The van der Waals surface area contributed by atoms with Crippen molar-refractivity contribution in [1.82, 2.24) is 0 Å². The van der Waals surface area contributed by atoms with Gasteiger partial charge in [-0.15, -0.1) is 0 Å². The molecule has 0 spiro atoms. The van der Waals surface area contributed by atoms with Crippen LogP contribution in [0.15, 0.2) is 18.2 Å². The number of rotatable bonds is 4. The molecule has 0 aliphatic carbocycles. The molecule has 0 atom stereocenters. The van der Waals surface area contributed by atoms with Crippen LogP contribution >= 0.6 is 0 Å². The first kappa shape index (κ1) is 11.4. The second kappa shape index (κ2) is 4.68. The van der Waals surface area contributed by atoms with Gasteiger partial charge < -0.3 is 14.7 Å². The van der Waals surface area contributed by atoms with Gasteiger partial charge in [-0.25, -0.2) is 4.79 Å². The number of aromatic carboxylic acids is 1. The molecule has 0 saturated carbocycles. The fourth-order valence-corrected chi connectivity index (χ4v) is 1.31. The minimum atomic E-state index is -0.923. The van der Waals surface area contributed by atoms with Crippen molar-refractivity contribution in [2.45, 2.75) is 6.92 Å². The second-order valence-electron chi connectivity index (χ2n) is 3.20. The largest absolute Gasteiger partial charge is 0.497 e.